The zero-order valence-electron chi connectivity index (χ0n) is 77.3. The first-order valence-corrected chi connectivity index (χ1v) is 44.3. The number of nitrogens with zero attached hydrogens (tertiary/aromatic N) is 4. The zero-order chi connectivity index (χ0) is 93.3. The van der Waals surface area contributed by atoms with Gasteiger partial charge in [-0.2, -0.15) is 21.6 Å². The summed E-state index contributed by atoms with van der Waals surface area (Å²) in [4.78, 5) is 35.8. The van der Waals surface area contributed by atoms with Crippen LogP contribution in [0.5, 0.6) is 0 Å². The van der Waals surface area contributed by atoms with Gasteiger partial charge in [-0.3, -0.25) is 14.9 Å². The fourth-order valence-corrected chi connectivity index (χ4v) is 12.2. The lowest BCUT2D eigenvalue weighted by atomic mass is 9.80. The molecule has 2 saturated heterocycles. The van der Waals surface area contributed by atoms with E-state index in [0.717, 1.165) is 121 Å². The van der Waals surface area contributed by atoms with E-state index in [1.807, 2.05) is 146 Å². The van der Waals surface area contributed by atoms with Crippen LogP contribution in [0.4, 0.5) is 49.1 Å². The van der Waals surface area contributed by atoms with E-state index in [-0.39, 0.29) is 67.3 Å². The number of allylic oxidation sites excluding steroid dienone is 2. The van der Waals surface area contributed by atoms with Gasteiger partial charge in [-0.1, -0.05) is 199 Å². The highest BCUT2D eigenvalue weighted by Crippen LogP contribution is 2.34. The summed E-state index contributed by atoms with van der Waals surface area (Å²) in [7, 11) is -7.36. The lowest BCUT2D eigenvalue weighted by molar-refractivity contribution is -0.0546. The van der Waals surface area contributed by atoms with Crippen LogP contribution in [0.3, 0.4) is 0 Å². The Balaban J connectivity index is 0. The van der Waals surface area contributed by atoms with Crippen molar-refractivity contribution in [2.75, 3.05) is 39.3 Å². The van der Waals surface area contributed by atoms with Gasteiger partial charge in [0.25, 0.3) is 0 Å². The number of halogens is 9. The van der Waals surface area contributed by atoms with Gasteiger partial charge in [0.05, 0.1) is 7.07 Å². The van der Waals surface area contributed by atoms with Crippen molar-refractivity contribution >= 4 is 52.0 Å². The van der Waals surface area contributed by atoms with E-state index in [1.54, 1.807) is 56.9 Å². The van der Waals surface area contributed by atoms with Crippen LogP contribution in [0.15, 0.2) is 174 Å². The summed E-state index contributed by atoms with van der Waals surface area (Å²) in [6.07, 6.45) is 11.7. The van der Waals surface area contributed by atoms with Gasteiger partial charge in [0.2, 0.25) is 5.88 Å². The predicted octanol–water partition coefficient (Wildman–Crippen LogP) is 25.6. The van der Waals surface area contributed by atoms with Crippen LogP contribution in [-0.4, -0.2) is 115 Å². The van der Waals surface area contributed by atoms with Crippen LogP contribution in [0.2, 0.25) is 0 Å². The molecule has 122 heavy (non-hydrogen) atoms. The van der Waals surface area contributed by atoms with Gasteiger partial charge in [-0.15, -0.1) is 0 Å². The smallest absolute Gasteiger partial charge is 0.443 e. The number of nitrogens with one attached hydrogen (secondary N) is 2. The lowest BCUT2D eigenvalue weighted by Crippen LogP contribution is -2.42. The number of amides is 2. The minimum atomic E-state index is -5.84. The van der Waals surface area contributed by atoms with Crippen LogP contribution in [-0.2, 0) is 23.8 Å². The van der Waals surface area contributed by atoms with Crippen LogP contribution in [0.25, 0.3) is 5.70 Å². The molecule has 686 valence electrons. The SMILES string of the molecule is C.CC.CC.CC.CC.CC.CC.CC1CC=C(OS(=O)(=O)C(F)(F)F)N(C(=O)OC(C)(C)C)C1.CC1CC=C(c2ccc(F)cc2)N(C(=O)OC(C)(C)C)C1.CC1CCC(c2ccc(F)cc2)=NC1.CC1CCC(c2ccc(F)cc2)=NC1.CC1CCC(c2ccc(F)cc2)NC1.OB(O)c1ccc(F)cc1.[2H]C1(c2ccc(F)cc2)CCC(C)CN1. The van der Waals surface area contributed by atoms with Crippen molar-refractivity contribution in [3.8, 4) is 0 Å². The van der Waals surface area contributed by atoms with E-state index in [2.05, 4.69) is 59.4 Å². The Bertz CT molecular complexity index is 4030. The second kappa shape index (κ2) is 61.1. The second-order valence-electron chi connectivity index (χ2n) is 30.5. The van der Waals surface area contributed by atoms with Crippen LogP contribution in [0.1, 0.15) is 279 Å². The average molecular weight is 1740 g/mol. The van der Waals surface area contributed by atoms with Crippen molar-refractivity contribution in [3.63, 3.8) is 0 Å². The van der Waals surface area contributed by atoms with Crippen molar-refractivity contribution in [1.82, 2.24) is 20.4 Å². The van der Waals surface area contributed by atoms with Crippen LogP contribution in [0, 0.1) is 70.4 Å². The number of benzene rings is 6. The van der Waals surface area contributed by atoms with E-state index in [1.165, 1.54) is 110 Å². The maximum atomic E-state index is 13.1. The van der Waals surface area contributed by atoms with Gasteiger partial charge in [-0.05, 0) is 279 Å². The Hall–Kier alpha value is -8.30. The van der Waals surface area contributed by atoms with Crippen LogP contribution >= 0.6 is 0 Å². The third-order valence-electron chi connectivity index (χ3n) is 17.9. The van der Waals surface area contributed by atoms with Gasteiger partial charge in [0.15, 0.2) is 0 Å². The minimum Gasteiger partial charge on any atom is -0.443 e. The number of hydrogen-bond acceptors (Lipinski definition) is 13. The largest absolute Gasteiger partial charge is 0.534 e. The highest BCUT2D eigenvalue weighted by molar-refractivity contribution is 7.87. The van der Waals surface area contributed by atoms with E-state index < -0.39 is 51.9 Å². The number of carbonyl (C=O) groups is 2. The maximum absolute atomic E-state index is 13.1. The van der Waals surface area contributed by atoms with Crippen molar-refractivity contribution in [2.24, 2.45) is 45.5 Å². The van der Waals surface area contributed by atoms with Gasteiger partial charge < -0.3 is 34.3 Å². The molecule has 2 fully saturated rings. The lowest BCUT2D eigenvalue weighted by Gasteiger charge is -2.33. The van der Waals surface area contributed by atoms with E-state index in [4.69, 9.17) is 20.9 Å². The monoisotopic (exact) mass is 1740 g/mol. The van der Waals surface area contributed by atoms with Crippen molar-refractivity contribution < 1.29 is 82.6 Å². The van der Waals surface area contributed by atoms with Crippen molar-refractivity contribution in [1.29, 1.82) is 0 Å². The normalized spacial score (nSPS) is 20.1. The van der Waals surface area contributed by atoms with Gasteiger partial charge >= 0.3 is 34.9 Å². The summed E-state index contributed by atoms with van der Waals surface area (Å²) in [5, 5.41) is 23.8. The molecule has 6 aromatic carbocycles. The first kappa shape index (κ1) is 114. The molecular weight excluding hydrogens is 1590 g/mol. The van der Waals surface area contributed by atoms with Crippen LogP contribution < -0.4 is 16.1 Å². The Labute approximate surface area is 729 Å². The third kappa shape index (κ3) is 45.4. The van der Waals surface area contributed by atoms with Gasteiger partial charge in [0.1, 0.15) is 46.1 Å². The molecule has 26 heteroatoms. The highest BCUT2D eigenvalue weighted by Gasteiger charge is 2.50. The zero-order valence-corrected chi connectivity index (χ0v) is 77.1. The predicted molar refractivity (Wildman–Crippen MR) is 486 cm³/mol. The molecule has 6 aromatic rings. The molecule has 0 bridgehead atoms. The molecular formula is C96H146BF9N6O9S. The summed E-state index contributed by atoms with van der Waals surface area (Å²) in [6.45, 7) is 51.3. The number of hydrogen-bond donors (Lipinski definition) is 4. The van der Waals surface area contributed by atoms with Crippen molar-refractivity contribution in [2.45, 2.75) is 267 Å². The molecule has 6 heterocycles. The summed E-state index contributed by atoms with van der Waals surface area (Å²) >= 11 is 0. The molecule has 6 aliphatic heterocycles. The molecule has 2 amide bonds. The maximum Gasteiger partial charge on any atom is 0.534 e. The fourth-order valence-electron chi connectivity index (χ4n) is 11.7. The Morgan fingerprint density at radius 2 is 0.787 bits per heavy atom. The minimum absolute atomic E-state index is 0. The molecule has 0 aromatic heterocycles. The first-order chi connectivity index (χ1) is 57.5. The standard InChI is InChI=1S/C17H22FNO2.C12H18F3NO5S.2C12H16FN.2C12H14FN.C6H6BFO2.6C2H6.CH4/c1-12-5-10-15(13-6-8-14(18)9-7-13)19(11-12)16(20)21-17(2,3)4;1-8-5-6-9(21-22(18,19)12(13,14)15)16(7-8)10(17)20-11(2,3)4;4*1-9-2-7-12(14-8-9)10-3-5-11(13)6-4-10;8-6-3-1-5(2-4-6)7(9)10;6*1-2;/h6-10,12H,5,11H2,1-4H3;6,8H,5,7H2,1-4H3;2*3-6,9,12,14H,2,7-8H2,1H3;2*3-6,9H,2,7-8H2,1H3;1-4,9-10H;6*1-2H3;1H4/i;;12D;;;;;;;;;;;. The average Bonchev–Trinajstić information content (AvgIpc) is 0.824. The number of rotatable bonds is 8. The number of piperidine rings is 2. The third-order valence-corrected chi connectivity index (χ3v) is 18.9. The molecule has 15 nitrogen and oxygen atoms in total. The first-order valence-electron chi connectivity index (χ1n) is 43.4. The molecule has 8 atom stereocenters. The van der Waals surface area contributed by atoms with Crippen molar-refractivity contribution in [3.05, 3.63) is 226 Å². The Morgan fingerprint density at radius 1 is 0.451 bits per heavy atom. The second-order valence-corrected chi connectivity index (χ2v) is 32.0. The molecule has 0 aliphatic carbocycles. The molecule has 6 aliphatic rings. The number of alkyl halides is 3. The summed E-state index contributed by atoms with van der Waals surface area (Å²) in [5.41, 5.74) is 1.38. The molecule has 0 radical (unpaired) electrons. The molecule has 0 saturated carbocycles. The fraction of sp³-hybridized carbons (Fsp3) is 0.542. The molecule has 8 unspecified atom stereocenters. The summed E-state index contributed by atoms with van der Waals surface area (Å²) in [5.74, 6) is 0.965. The quantitative estimate of drug-likeness (QED) is 0.0491. The Morgan fingerprint density at radius 3 is 1.12 bits per heavy atom. The topological polar surface area (TPSA) is 192 Å². The summed E-state index contributed by atoms with van der Waals surface area (Å²) < 4.78 is 158. The van der Waals surface area contributed by atoms with E-state index in [0.29, 0.717) is 41.7 Å². The number of ether oxygens (including phenoxy) is 2. The summed E-state index contributed by atoms with van der Waals surface area (Å²) in [6, 6.07) is 37.2. The number of aliphatic imine (C=N–C) groups is 2. The van der Waals surface area contributed by atoms with E-state index in [9.17, 15) is 57.5 Å². The highest BCUT2D eigenvalue weighted by atomic mass is 32.2. The molecule has 0 spiro atoms. The molecule has 12 rings (SSSR count). The molecule has 4 N–H and O–H groups in total. The van der Waals surface area contributed by atoms with Gasteiger partial charge in [-0.25, -0.2) is 40.8 Å². The Kier molecular flexibility index (Phi) is 57.0. The number of carbonyl (C=O) groups excluding carboxylic acids is 2. The van der Waals surface area contributed by atoms with Gasteiger partial charge in [0, 0.05) is 49.7 Å². The van der Waals surface area contributed by atoms with E-state index >= 15 is 0 Å².